The standard InChI is InChI=1S/C23H27NO4/c1-5-6-17-13-18(14-20(27-3)22(17)28-4)23(25)24-21(15-7-8-15)16-9-11-19(26-2)12-10-16/h5,9-15,21H,1,6-8H2,2-4H3,(H,24,25). The molecule has 1 amide bonds. The number of hydrogen-bond acceptors (Lipinski definition) is 4. The van der Waals surface area contributed by atoms with Gasteiger partial charge in [0.15, 0.2) is 11.5 Å². The normalized spacial score (nSPS) is 14.1. The lowest BCUT2D eigenvalue weighted by Gasteiger charge is -2.20. The highest BCUT2D eigenvalue weighted by atomic mass is 16.5. The fraction of sp³-hybridized carbons (Fsp3) is 0.348. The number of methoxy groups -OCH3 is 3. The van der Waals surface area contributed by atoms with Crippen LogP contribution in [0.15, 0.2) is 49.1 Å². The molecule has 1 unspecified atom stereocenters. The molecule has 1 atom stereocenters. The van der Waals surface area contributed by atoms with Crippen molar-refractivity contribution in [1.29, 1.82) is 0 Å². The van der Waals surface area contributed by atoms with Gasteiger partial charge in [-0.25, -0.2) is 0 Å². The molecule has 5 heteroatoms. The summed E-state index contributed by atoms with van der Waals surface area (Å²) in [6.07, 6.45) is 4.60. The van der Waals surface area contributed by atoms with Crippen molar-refractivity contribution in [3.05, 3.63) is 65.7 Å². The fourth-order valence-corrected chi connectivity index (χ4v) is 3.42. The minimum atomic E-state index is -0.126. The van der Waals surface area contributed by atoms with E-state index >= 15 is 0 Å². The first-order valence-electron chi connectivity index (χ1n) is 9.41. The van der Waals surface area contributed by atoms with E-state index in [2.05, 4.69) is 11.9 Å². The van der Waals surface area contributed by atoms with Crippen LogP contribution in [0.5, 0.6) is 17.2 Å². The molecule has 1 aliphatic rings. The molecule has 5 nitrogen and oxygen atoms in total. The zero-order chi connectivity index (χ0) is 20.1. The van der Waals surface area contributed by atoms with E-state index in [9.17, 15) is 4.79 Å². The first kappa shape index (κ1) is 19.8. The molecule has 1 N–H and O–H groups in total. The summed E-state index contributed by atoms with van der Waals surface area (Å²) in [5.74, 6) is 2.31. The Morgan fingerprint density at radius 3 is 2.39 bits per heavy atom. The zero-order valence-corrected chi connectivity index (χ0v) is 16.7. The molecule has 1 fully saturated rings. The van der Waals surface area contributed by atoms with Crippen LogP contribution in [0.3, 0.4) is 0 Å². The van der Waals surface area contributed by atoms with Crippen molar-refractivity contribution in [2.24, 2.45) is 5.92 Å². The van der Waals surface area contributed by atoms with Gasteiger partial charge in [0.1, 0.15) is 5.75 Å². The van der Waals surface area contributed by atoms with Gasteiger partial charge in [-0.2, -0.15) is 0 Å². The van der Waals surface area contributed by atoms with Crippen LogP contribution in [0, 0.1) is 5.92 Å². The van der Waals surface area contributed by atoms with Gasteiger partial charge in [0.05, 0.1) is 27.4 Å². The van der Waals surface area contributed by atoms with Crippen LogP contribution in [-0.2, 0) is 6.42 Å². The number of hydrogen-bond donors (Lipinski definition) is 1. The maximum atomic E-state index is 13.1. The average molecular weight is 381 g/mol. The van der Waals surface area contributed by atoms with Crippen LogP contribution in [0.1, 0.15) is 40.4 Å². The molecule has 1 aliphatic carbocycles. The third-order valence-corrected chi connectivity index (χ3v) is 5.04. The van der Waals surface area contributed by atoms with Gasteiger partial charge in [-0.3, -0.25) is 4.79 Å². The van der Waals surface area contributed by atoms with E-state index in [0.717, 1.165) is 29.7 Å². The number of benzene rings is 2. The number of carbonyl (C=O) groups excluding carboxylic acids is 1. The topological polar surface area (TPSA) is 56.8 Å². The molecule has 2 aromatic carbocycles. The van der Waals surface area contributed by atoms with Gasteiger partial charge >= 0.3 is 0 Å². The monoisotopic (exact) mass is 381 g/mol. The zero-order valence-electron chi connectivity index (χ0n) is 16.7. The van der Waals surface area contributed by atoms with Crippen molar-refractivity contribution in [3.63, 3.8) is 0 Å². The van der Waals surface area contributed by atoms with Crippen LogP contribution in [0.25, 0.3) is 0 Å². The molecule has 0 bridgehead atoms. The van der Waals surface area contributed by atoms with Crippen LogP contribution >= 0.6 is 0 Å². The molecule has 28 heavy (non-hydrogen) atoms. The van der Waals surface area contributed by atoms with Gasteiger partial charge < -0.3 is 19.5 Å². The van der Waals surface area contributed by atoms with E-state index in [-0.39, 0.29) is 11.9 Å². The number of carbonyl (C=O) groups is 1. The number of allylic oxidation sites excluding steroid dienone is 1. The summed E-state index contributed by atoms with van der Waals surface area (Å²) in [4.78, 5) is 13.1. The number of ether oxygens (including phenoxy) is 3. The van der Waals surface area contributed by atoms with E-state index in [0.29, 0.717) is 29.4 Å². The maximum absolute atomic E-state index is 13.1. The number of amides is 1. The predicted octanol–water partition coefficient (Wildman–Crippen LogP) is 4.32. The maximum Gasteiger partial charge on any atom is 0.251 e. The first-order chi connectivity index (χ1) is 13.6. The summed E-state index contributed by atoms with van der Waals surface area (Å²) in [5.41, 5.74) is 2.51. The van der Waals surface area contributed by atoms with Crippen molar-refractivity contribution in [1.82, 2.24) is 5.32 Å². The van der Waals surface area contributed by atoms with Crippen LogP contribution in [0.2, 0.25) is 0 Å². The molecule has 0 saturated heterocycles. The molecular formula is C23H27NO4. The molecule has 3 rings (SSSR count). The second-order valence-electron chi connectivity index (χ2n) is 6.93. The lowest BCUT2D eigenvalue weighted by molar-refractivity contribution is 0.0931. The number of nitrogens with one attached hydrogen (secondary N) is 1. The Morgan fingerprint density at radius 2 is 1.86 bits per heavy atom. The highest BCUT2D eigenvalue weighted by molar-refractivity contribution is 5.95. The molecule has 0 radical (unpaired) electrons. The summed E-state index contributed by atoms with van der Waals surface area (Å²) < 4.78 is 16.1. The Labute approximate surface area is 166 Å². The van der Waals surface area contributed by atoms with Crippen LogP contribution in [0.4, 0.5) is 0 Å². The predicted molar refractivity (Wildman–Crippen MR) is 109 cm³/mol. The Hall–Kier alpha value is -2.95. The van der Waals surface area contributed by atoms with Gasteiger partial charge in [0.25, 0.3) is 5.91 Å². The van der Waals surface area contributed by atoms with Crippen molar-refractivity contribution >= 4 is 5.91 Å². The van der Waals surface area contributed by atoms with Crippen LogP contribution < -0.4 is 19.5 Å². The van der Waals surface area contributed by atoms with Gasteiger partial charge in [0.2, 0.25) is 0 Å². The van der Waals surface area contributed by atoms with E-state index in [4.69, 9.17) is 14.2 Å². The smallest absolute Gasteiger partial charge is 0.251 e. The van der Waals surface area contributed by atoms with Crippen molar-refractivity contribution in [3.8, 4) is 17.2 Å². The van der Waals surface area contributed by atoms with E-state index in [1.54, 1.807) is 33.5 Å². The van der Waals surface area contributed by atoms with Gasteiger partial charge in [-0.05, 0) is 55.0 Å². The number of rotatable bonds is 9. The Kier molecular flexibility index (Phi) is 6.24. The largest absolute Gasteiger partial charge is 0.497 e. The fourth-order valence-electron chi connectivity index (χ4n) is 3.42. The lowest BCUT2D eigenvalue weighted by Crippen LogP contribution is -2.30. The van der Waals surface area contributed by atoms with Crippen LogP contribution in [-0.4, -0.2) is 27.2 Å². The van der Waals surface area contributed by atoms with E-state index < -0.39 is 0 Å². The van der Waals surface area contributed by atoms with Gasteiger partial charge in [-0.1, -0.05) is 18.2 Å². The SMILES string of the molecule is C=CCc1cc(C(=O)NC(c2ccc(OC)cc2)C2CC2)cc(OC)c1OC. The lowest BCUT2D eigenvalue weighted by atomic mass is 10.0. The third-order valence-electron chi connectivity index (χ3n) is 5.04. The van der Waals surface area contributed by atoms with E-state index in [1.165, 1.54) is 0 Å². The molecule has 148 valence electrons. The molecule has 1 saturated carbocycles. The quantitative estimate of drug-likeness (QED) is 0.657. The van der Waals surface area contributed by atoms with Crippen molar-refractivity contribution in [2.75, 3.05) is 21.3 Å². The van der Waals surface area contributed by atoms with Gasteiger partial charge in [0, 0.05) is 11.1 Å². The summed E-state index contributed by atoms with van der Waals surface area (Å²) >= 11 is 0. The Bertz CT molecular complexity index is 840. The molecule has 0 heterocycles. The minimum Gasteiger partial charge on any atom is -0.497 e. The molecule has 0 aliphatic heterocycles. The third kappa shape index (κ3) is 4.30. The summed E-state index contributed by atoms with van der Waals surface area (Å²) in [6, 6.07) is 11.4. The second kappa shape index (κ2) is 8.83. The summed E-state index contributed by atoms with van der Waals surface area (Å²) in [7, 11) is 4.81. The minimum absolute atomic E-state index is 0.0191. The van der Waals surface area contributed by atoms with Crippen molar-refractivity contribution in [2.45, 2.75) is 25.3 Å². The summed E-state index contributed by atoms with van der Waals surface area (Å²) in [6.45, 7) is 3.79. The first-order valence-corrected chi connectivity index (χ1v) is 9.41. The molecular weight excluding hydrogens is 354 g/mol. The molecule has 0 aromatic heterocycles. The second-order valence-corrected chi connectivity index (χ2v) is 6.93. The Morgan fingerprint density at radius 1 is 1.14 bits per heavy atom. The molecule has 2 aromatic rings. The summed E-state index contributed by atoms with van der Waals surface area (Å²) in [5, 5.41) is 3.21. The average Bonchev–Trinajstić information content (AvgIpc) is 3.56. The highest BCUT2D eigenvalue weighted by Gasteiger charge is 2.33. The van der Waals surface area contributed by atoms with E-state index in [1.807, 2.05) is 30.3 Å². The molecule has 0 spiro atoms. The van der Waals surface area contributed by atoms with Gasteiger partial charge in [-0.15, -0.1) is 6.58 Å². The van der Waals surface area contributed by atoms with Crippen molar-refractivity contribution < 1.29 is 19.0 Å². The highest BCUT2D eigenvalue weighted by Crippen LogP contribution is 2.41. The Balaban J connectivity index is 1.87.